The summed E-state index contributed by atoms with van der Waals surface area (Å²) in [5, 5.41) is 3.02. The largest absolute Gasteiger partial charge is 0.354 e. The number of rotatable bonds is 15. The fourth-order valence-electron chi connectivity index (χ4n) is 3.83. The van der Waals surface area contributed by atoms with E-state index < -0.39 is 0 Å². The topological polar surface area (TPSA) is 75.4 Å². The molecule has 1 fully saturated rings. The maximum atomic E-state index is 12.6. The van der Waals surface area contributed by atoms with Gasteiger partial charge in [0.05, 0.1) is 0 Å². The van der Waals surface area contributed by atoms with E-state index >= 15 is 0 Å². The third-order valence-corrected chi connectivity index (χ3v) is 5.55. The molecule has 0 aromatic carbocycles. The van der Waals surface area contributed by atoms with Crippen LogP contribution in [0.4, 0.5) is 0 Å². The molecule has 3 N–H and O–H groups in total. The summed E-state index contributed by atoms with van der Waals surface area (Å²) in [5.41, 5.74) is 5.49. The number of carbonyl (C=O) groups is 2. The Kier molecular flexibility index (Phi) is 14.1. The highest BCUT2D eigenvalue weighted by molar-refractivity contribution is 5.87. The van der Waals surface area contributed by atoms with E-state index in [0.717, 1.165) is 57.9 Å². The second-order valence-electron chi connectivity index (χ2n) is 7.96. The van der Waals surface area contributed by atoms with Gasteiger partial charge in [-0.3, -0.25) is 9.59 Å². The zero-order valence-electron chi connectivity index (χ0n) is 17.6. The van der Waals surface area contributed by atoms with Crippen molar-refractivity contribution in [3.05, 3.63) is 0 Å². The predicted octanol–water partition coefficient (Wildman–Crippen LogP) is 4.14. The van der Waals surface area contributed by atoms with Crippen LogP contribution in [-0.2, 0) is 9.59 Å². The molecule has 1 aliphatic rings. The van der Waals surface area contributed by atoms with Crippen molar-refractivity contribution < 1.29 is 9.59 Å². The summed E-state index contributed by atoms with van der Waals surface area (Å²) in [5.74, 6) is 0.204. The van der Waals surface area contributed by atoms with E-state index in [9.17, 15) is 9.59 Å². The van der Waals surface area contributed by atoms with Crippen LogP contribution in [0.5, 0.6) is 0 Å². The Morgan fingerprint density at radius 1 is 0.926 bits per heavy atom. The summed E-state index contributed by atoms with van der Waals surface area (Å²) in [6.45, 7) is 4.37. The highest BCUT2D eigenvalue weighted by Gasteiger charge is 2.31. The summed E-state index contributed by atoms with van der Waals surface area (Å²) < 4.78 is 0. The van der Waals surface area contributed by atoms with Crippen LogP contribution in [-0.4, -0.2) is 42.4 Å². The average molecular weight is 382 g/mol. The van der Waals surface area contributed by atoms with Gasteiger partial charge >= 0.3 is 0 Å². The van der Waals surface area contributed by atoms with Gasteiger partial charge in [0.2, 0.25) is 11.8 Å². The minimum Gasteiger partial charge on any atom is -0.354 e. The van der Waals surface area contributed by atoms with E-state index in [1.807, 2.05) is 4.90 Å². The minimum absolute atomic E-state index is 0.0340. The number of nitrogens with zero attached hydrogens (tertiary/aromatic N) is 1. The summed E-state index contributed by atoms with van der Waals surface area (Å²) in [6.07, 6.45) is 16.3. The van der Waals surface area contributed by atoms with Gasteiger partial charge in [-0.1, -0.05) is 58.3 Å². The van der Waals surface area contributed by atoms with Crippen LogP contribution in [0.2, 0.25) is 0 Å². The molecular weight excluding hydrogens is 338 g/mol. The van der Waals surface area contributed by atoms with Gasteiger partial charge in [-0.2, -0.15) is 0 Å². The number of likely N-dealkylation sites (tertiary alicyclic amines) is 1. The van der Waals surface area contributed by atoms with Crippen molar-refractivity contribution in [2.75, 3.05) is 19.6 Å². The average Bonchev–Trinajstić information content (AvgIpc) is 2.69. The van der Waals surface area contributed by atoms with Crippen molar-refractivity contribution >= 4 is 11.8 Å². The molecule has 5 heteroatoms. The molecule has 0 aromatic heterocycles. The lowest BCUT2D eigenvalue weighted by molar-refractivity contribution is -0.142. The molecule has 1 saturated heterocycles. The fourth-order valence-corrected chi connectivity index (χ4v) is 3.83. The molecule has 0 aliphatic carbocycles. The van der Waals surface area contributed by atoms with Crippen LogP contribution in [0.1, 0.15) is 103 Å². The van der Waals surface area contributed by atoms with Gasteiger partial charge in [-0.15, -0.1) is 0 Å². The van der Waals surface area contributed by atoms with Crippen LogP contribution >= 0.6 is 0 Å². The van der Waals surface area contributed by atoms with Crippen molar-refractivity contribution in [2.24, 2.45) is 5.73 Å². The number of unbranched alkanes of at least 4 members (excludes halogenated alkanes) is 9. The van der Waals surface area contributed by atoms with Crippen LogP contribution in [0.3, 0.4) is 0 Å². The molecule has 0 unspecified atom stereocenters. The molecule has 0 saturated carbocycles. The monoisotopic (exact) mass is 381 g/mol. The fraction of sp³-hybridized carbons (Fsp3) is 0.909. The first-order valence-corrected chi connectivity index (χ1v) is 11.5. The van der Waals surface area contributed by atoms with Crippen LogP contribution in [0.25, 0.3) is 0 Å². The second-order valence-corrected chi connectivity index (χ2v) is 7.96. The van der Waals surface area contributed by atoms with Crippen molar-refractivity contribution in [3.63, 3.8) is 0 Å². The standard InChI is InChI=1S/C22H43N3O2/c1-2-3-4-5-6-7-8-10-16-21(26)25-19-14-11-15-20(25)22(27)24-18-13-9-12-17-23/h20H,2-19,23H2,1H3,(H,24,27)/t20-/m0/s1. The van der Waals surface area contributed by atoms with Gasteiger partial charge in [0, 0.05) is 19.5 Å². The Morgan fingerprint density at radius 3 is 2.30 bits per heavy atom. The quantitative estimate of drug-likeness (QED) is 0.419. The van der Waals surface area contributed by atoms with Gasteiger partial charge in [0.15, 0.2) is 0 Å². The Bertz CT molecular complexity index is 401. The minimum atomic E-state index is -0.255. The number of carbonyl (C=O) groups excluding carboxylic acids is 2. The van der Waals surface area contributed by atoms with Crippen molar-refractivity contribution in [2.45, 2.75) is 109 Å². The number of hydrogen-bond donors (Lipinski definition) is 2. The molecule has 1 aliphatic heterocycles. The van der Waals surface area contributed by atoms with Crippen LogP contribution < -0.4 is 11.1 Å². The van der Waals surface area contributed by atoms with Gasteiger partial charge in [-0.25, -0.2) is 0 Å². The molecule has 2 amide bonds. The third kappa shape index (κ3) is 10.7. The van der Waals surface area contributed by atoms with E-state index in [0.29, 0.717) is 19.5 Å². The SMILES string of the molecule is CCCCCCCCCCC(=O)N1CCCC[C@H]1C(=O)NCCCCCN. The highest BCUT2D eigenvalue weighted by Crippen LogP contribution is 2.19. The first kappa shape index (κ1) is 23.9. The summed E-state index contributed by atoms with van der Waals surface area (Å²) >= 11 is 0. The lowest BCUT2D eigenvalue weighted by atomic mass is 10.00. The molecule has 0 spiro atoms. The molecule has 158 valence electrons. The van der Waals surface area contributed by atoms with Gasteiger partial charge in [0.25, 0.3) is 0 Å². The maximum absolute atomic E-state index is 12.6. The van der Waals surface area contributed by atoms with Crippen molar-refractivity contribution in [1.29, 1.82) is 0 Å². The maximum Gasteiger partial charge on any atom is 0.242 e. The Morgan fingerprint density at radius 2 is 1.59 bits per heavy atom. The molecule has 0 aromatic rings. The molecule has 1 rings (SSSR count). The number of piperidine rings is 1. The predicted molar refractivity (Wildman–Crippen MR) is 112 cm³/mol. The summed E-state index contributed by atoms with van der Waals surface area (Å²) in [6, 6.07) is -0.255. The van der Waals surface area contributed by atoms with E-state index in [2.05, 4.69) is 12.2 Å². The molecule has 0 radical (unpaired) electrons. The van der Waals surface area contributed by atoms with E-state index in [1.54, 1.807) is 0 Å². The Hall–Kier alpha value is -1.10. The lowest BCUT2D eigenvalue weighted by Gasteiger charge is -2.35. The number of amides is 2. The first-order chi connectivity index (χ1) is 13.2. The van der Waals surface area contributed by atoms with Crippen molar-refractivity contribution in [1.82, 2.24) is 10.2 Å². The van der Waals surface area contributed by atoms with E-state index in [1.165, 1.54) is 38.5 Å². The van der Waals surface area contributed by atoms with Crippen LogP contribution in [0, 0.1) is 0 Å². The van der Waals surface area contributed by atoms with Gasteiger partial charge in [0.1, 0.15) is 6.04 Å². The van der Waals surface area contributed by atoms with Gasteiger partial charge < -0.3 is 16.0 Å². The van der Waals surface area contributed by atoms with Crippen molar-refractivity contribution in [3.8, 4) is 0 Å². The third-order valence-electron chi connectivity index (χ3n) is 5.55. The first-order valence-electron chi connectivity index (χ1n) is 11.5. The molecule has 5 nitrogen and oxygen atoms in total. The van der Waals surface area contributed by atoms with Crippen LogP contribution in [0.15, 0.2) is 0 Å². The molecule has 1 heterocycles. The Labute approximate surface area is 166 Å². The van der Waals surface area contributed by atoms with Gasteiger partial charge in [-0.05, 0) is 45.1 Å². The molecule has 0 bridgehead atoms. The zero-order chi connectivity index (χ0) is 19.7. The number of nitrogens with two attached hydrogens (primary N) is 1. The number of nitrogens with one attached hydrogen (secondary N) is 1. The summed E-state index contributed by atoms with van der Waals surface area (Å²) in [7, 11) is 0. The molecular formula is C22H43N3O2. The smallest absolute Gasteiger partial charge is 0.242 e. The zero-order valence-corrected chi connectivity index (χ0v) is 17.6. The van der Waals surface area contributed by atoms with E-state index in [-0.39, 0.29) is 17.9 Å². The molecule has 27 heavy (non-hydrogen) atoms. The second kappa shape index (κ2) is 15.9. The number of hydrogen-bond acceptors (Lipinski definition) is 3. The highest BCUT2D eigenvalue weighted by atomic mass is 16.2. The normalized spacial score (nSPS) is 17.1. The Balaban J connectivity index is 2.24. The molecule has 1 atom stereocenters. The summed E-state index contributed by atoms with van der Waals surface area (Å²) in [4.78, 5) is 27.0. The van der Waals surface area contributed by atoms with E-state index in [4.69, 9.17) is 5.73 Å². The lowest BCUT2D eigenvalue weighted by Crippen LogP contribution is -2.52.